The molecule has 3 N–H and O–H groups in total. The largest absolute Gasteiger partial charge is 0.395 e. The smallest absolute Gasteiger partial charge is 0.239 e. The summed E-state index contributed by atoms with van der Waals surface area (Å²) in [6.07, 6.45) is 1.87. The highest BCUT2D eigenvalue weighted by Crippen LogP contribution is 2.13. The van der Waals surface area contributed by atoms with E-state index in [-0.39, 0.29) is 30.5 Å². The highest BCUT2D eigenvalue weighted by molar-refractivity contribution is 5.82. The fourth-order valence-electron chi connectivity index (χ4n) is 2.52. The maximum atomic E-state index is 12.2. The first-order valence-electron chi connectivity index (χ1n) is 7.44. The van der Waals surface area contributed by atoms with Crippen molar-refractivity contribution in [2.24, 2.45) is 11.7 Å². The van der Waals surface area contributed by atoms with Crippen molar-refractivity contribution in [1.29, 1.82) is 0 Å². The van der Waals surface area contributed by atoms with Crippen molar-refractivity contribution in [2.75, 3.05) is 32.8 Å². The number of hydrogen-bond donors (Lipinski definition) is 2. The molecule has 0 aromatic carbocycles. The first-order chi connectivity index (χ1) is 9.04. The number of nitrogens with zero attached hydrogens (tertiary/aromatic N) is 2. The van der Waals surface area contributed by atoms with Crippen molar-refractivity contribution in [2.45, 2.75) is 45.7 Å². The Hall–Kier alpha value is -0.650. The van der Waals surface area contributed by atoms with Crippen LogP contribution in [-0.2, 0) is 4.79 Å². The minimum atomic E-state index is -0.378. The van der Waals surface area contributed by atoms with E-state index in [2.05, 4.69) is 18.7 Å². The SMILES string of the molecule is CCC(C)C(N)C(=O)N1CCN(C(CC)CO)CC1. The van der Waals surface area contributed by atoms with Crippen molar-refractivity contribution in [3.05, 3.63) is 0 Å². The van der Waals surface area contributed by atoms with Crippen molar-refractivity contribution in [1.82, 2.24) is 9.80 Å². The third kappa shape index (κ3) is 4.16. The van der Waals surface area contributed by atoms with E-state index >= 15 is 0 Å². The summed E-state index contributed by atoms with van der Waals surface area (Å²) >= 11 is 0. The Morgan fingerprint density at radius 1 is 1.21 bits per heavy atom. The Kier molecular flexibility index (Phi) is 6.75. The average Bonchev–Trinajstić information content (AvgIpc) is 2.47. The van der Waals surface area contributed by atoms with Crippen LogP contribution in [0.4, 0.5) is 0 Å². The lowest BCUT2D eigenvalue weighted by Crippen LogP contribution is -2.56. The van der Waals surface area contributed by atoms with Gasteiger partial charge < -0.3 is 15.7 Å². The molecule has 0 saturated carbocycles. The second kappa shape index (κ2) is 7.82. The van der Waals surface area contributed by atoms with Gasteiger partial charge in [0, 0.05) is 32.2 Å². The van der Waals surface area contributed by atoms with Gasteiger partial charge in [-0.3, -0.25) is 9.69 Å². The van der Waals surface area contributed by atoms with Crippen LogP contribution in [0.25, 0.3) is 0 Å². The zero-order valence-corrected chi connectivity index (χ0v) is 12.5. The normalized spacial score (nSPS) is 22.1. The number of aliphatic hydroxyl groups excluding tert-OH is 1. The predicted molar refractivity (Wildman–Crippen MR) is 76.7 cm³/mol. The summed E-state index contributed by atoms with van der Waals surface area (Å²) in [6.45, 7) is 9.46. The van der Waals surface area contributed by atoms with Crippen LogP contribution < -0.4 is 5.73 Å². The van der Waals surface area contributed by atoms with E-state index in [1.165, 1.54) is 0 Å². The molecule has 0 aliphatic carbocycles. The summed E-state index contributed by atoms with van der Waals surface area (Å²) in [7, 11) is 0. The van der Waals surface area contributed by atoms with Crippen LogP contribution >= 0.6 is 0 Å². The predicted octanol–water partition coefficient (Wildman–Crippen LogP) is 0.275. The lowest BCUT2D eigenvalue weighted by Gasteiger charge is -2.39. The van der Waals surface area contributed by atoms with Crippen LogP contribution in [-0.4, -0.2) is 65.7 Å². The monoisotopic (exact) mass is 271 g/mol. The molecular weight excluding hydrogens is 242 g/mol. The minimum Gasteiger partial charge on any atom is -0.395 e. The Morgan fingerprint density at radius 3 is 2.21 bits per heavy atom. The number of nitrogens with two attached hydrogens (primary N) is 1. The molecule has 0 radical (unpaired) electrons. The van der Waals surface area contributed by atoms with E-state index in [1.54, 1.807) is 0 Å². The van der Waals surface area contributed by atoms with Gasteiger partial charge in [0.1, 0.15) is 0 Å². The lowest BCUT2D eigenvalue weighted by molar-refractivity contribution is -0.136. The lowest BCUT2D eigenvalue weighted by atomic mass is 9.98. The molecule has 0 aromatic rings. The Labute approximate surface area is 116 Å². The van der Waals surface area contributed by atoms with Crippen molar-refractivity contribution in [3.8, 4) is 0 Å². The van der Waals surface area contributed by atoms with Gasteiger partial charge in [0.2, 0.25) is 5.91 Å². The second-order valence-electron chi connectivity index (χ2n) is 5.52. The summed E-state index contributed by atoms with van der Waals surface area (Å²) in [6, 6.07) is -0.156. The molecule has 0 bridgehead atoms. The summed E-state index contributed by atoms with van der Waals surface area (Å²) < 4.78 is 0. The van der Waals surface area contributed by atoms with Crippen LogP contribution in [0.2, 0.25) is 0 Å². The number of piperazine rings is 1. The molecule has 1 amide bonds. The third-order valence-corrected chi connectivity index (χ3v) is 4.37. The van der Waals surface area contributed by atoms with Crippen molar-refractivity contribution >= 4 is 5.91 Å². The number of carbonyl (C=O) groups is 1. The van der Waals surface area contributed by atoms with Gasteiger partial charge in [-0.1, -0.05) is 27.2 Å². The second-order valence-corrected chi connectivity index (χ2v) is 5.52. The molecule has 3 unspecified atom stereocenters. The quantitative estimate of drug-likeness (QED) is 0.728. The number of amides is 1. The van der Waals surface area contributed by atoms with Crippen LogP contribution in [0.3, 0.4) is 0 Å². The number of hydrogen-bond acceptors (Lipinski definition) is 4. The van der Waals surface area contributed by atoms with E-state index < -0.39 is 0 Å². The molecule has 1 aliphatic rings. The maximum Gasteiger partial charge on any atom is 0.239 e. The van der Waals surface area contributed by atoms with E-state index in [1.807, 2.05) is 11.8 Å². The molecule has 1 saturated heterocycles. The molecule has 5 heteroatoms. The van der Waals surface area contributed by atoms with Gasteiger partial charge in [-0.05, 0) is 12.3 Å². The Morgan fingerprint density at radius 2 is 1.79 bits per heavy atom. The molecular formula is C14H29N3O2. The molecule has 0 aromatic heterocycles. The van der Waals surface area contributed by atoms with E-state index in [0.29, 0.717) is 0 Å². The van der Waals surface area contributed by atoms with Gasteiger partial charge >= 0.3 is 0 Å². The highest BCUT2D eigenvalue weighted by Gasteiger charge is 2.29. The Bertz CT molecular complexity index is 274. The molecule has 0 spiro atoms. The zero-order chi connectivity index (χ0) is 14.4. The molecule has 112 valence electrons. The summed E-state index contributed by atoms with van der Waals surface area (Å²) in [4.78, 5) is 16.4. The van der Waals surface area contributed by atoms with Gasteiger partial charge in [-0.25, -0.2) is 0 Å². The number of aliphatic hydroxyl groups is 1. The number of carbonyl (C=O) groups excluding carboxylic acids is 1. The van der Waals surface area contributed by atoms with Crippen molar-refractivity contribution < 1.29 is 9.90 Å². The Balaban J connectivity index is 2.47. The molecule has 1 aliphatic heterocycles. The van der Waals surface area contributed by atoms with Gasteiger partial charge in [0.25, 0.3) is 0 Å². The highest BCUT2D eigenvalue weighted by atomic mass is 16.3. The first kappa shape index (κ1) is 16.4. The standard InChI is InChI=1S/C14H29N3O2/c1-4-11(3)13(15)14(19)17-8-6-16(7-9-17)12(5-2)10-18/h11-13,18H,4-10,15H2,1-3H3. The summed E-state index contributed by atoms with van der Waals surface area (Å²) in [5, 5.41) is 9.30. The van der Waals surface area contributed by atoms with Crippen LogP contribution in [0.5, 0.6) is 0 Å². The van der Waals surface area contributed by atoms with E-state index in [4.69, 9.17) is 5.73 Å². The van der Waals surface area contributed by atoms with E-state index in [0.717, 1.165) is 39.0 Å². The average molecular weight is 271 g/mol. The van der Waals surface area contributed by atoms with Crippen LogP contribution in [0.15, 0.2) is 0 Å². The van der Waals surface area contributed by atoms with Gasteiger partial charge in [0.15, 0.2) is 0 Å². The first-order valence-corrected chi connectivity index (χ1v) is 7.44. The topological polar surface area (TPSA) is 69.8 Å². The fourth-order valence-corrected chi connectivity index (χ4v) is 2.52. The minimum absolute atomic E-state index is 0.0750. The fraction of sp³-hybridized carbons (Fsp3) is 0.929. The number of rotatable bonds is 6. The summed E-state index contributed by atoms with van der Waals surface area (Å²) in [5.74, 6) is 0.303. The molecule has 1 fully saturated rings. The van der Waals surface area contributed by atoms with Crippen molar-refractivity contribution in [3.63, 3.8) is 0 Å². The molecule has 19 heavy (non-hydrogen) atoms. The third-order valence-electron chi connectivity index (χ3n) is 4.37. The molecule has 5 nitrogen and oxygen atoms in total. The maximum absolute atomic E-state index is 12.2. The molecule has 1 heterocycles. The van der Waals surface area contributed by atoms with Gasteiger partial charge in [0.05, 0.1) is 12.6 Å². The molecule has 1 rings (SSSR count). The van der Waals surface area contributed by atoms with Crippen LogP contribution in [0, 0.1) is 5.92 Å². The molecule has 3 atom stereocenters. The van der Waals surface area contributed by atoms with Gasteiger partial charge in [-0.2, -0.15) is 0 Å². The van der Waals surface area contributed by atoms with Gasteiger partial charge in [-0.15, -0.1) is 0 Å². The van der Waals surface area contributed by atoms with Crippen LogP contribution in [0.1, 0.15) is 33.6 Å². The van der Waals surface area contributed by atoms with E-state index in [9.17, 15) is 9.90 Å². The zero-order valence-electron chi connectivity index (χ0n) is 12.5. The summed E-state index contributed by atoms with van der Waals surface area (Å²) in [5.41, 5.74) is 6.00.